The maximum Gasteiger partial charge on any atom is 0.257 e. The molecule has 2 saturated heterocycles. The second-order valence-electron chi connectivity index (χ2n) is 10.6. The van der Waals surface area contributed by atoms with Crippen molar-refractivity contribution in [2.24, 2.45) is 10.9 Å². The number of aryl methyl sites for hydroxylation is 1. The predicted octanol–water partition coefficient (Wildman–Crippen LogP) is 5.14. The van der Waals surface area contributed by atoms with Crippen molar-refractivity contribution in [2.45, 2.75) is 39.1 Å². The summed E-state index contributed by atoms with van der Waals surface area (Å²) in [6.07, 6.45) is -0.360. The first kappa shape index (κ1) is 18.1. The molecule has 0 spiro atoms. The van der Waals surface area contributed by atoms with E-state index in [1.165, 1.54) is 24.3 Å². The lowest BCUT2D eigenvalue weighted by Crippen LogP contribution is -2.44. The molecule has 3 heterocycles. The summed E-state index contributed by atoms with van der Waals surface area (Å²) in [7, 11) is 1.00. The van der Waals surface area contributed by atoms with Crippen LogP contribution in [0, 0.1) is 18.7 Å². The largest absolute Gasteiger partial charge is 0.381 e. The van der Waals surface area contributed by atoms with Gasteiger partial charge in [0.05, 0.1) is 12.0 Å². The number of ether oxygens (including phenoxy) is 1. The number of halogens is 1. The molecule has 41 heavy (non-hydrogen) atoms. The van der Waals surface area contributed by atoms with E-state index in [-0.39, 0.29) is 40.7 Å². The number of hydrogen-bond acceptors (Lipinski definition) is 5. The number of amidine groups is 1. The summed E-state index contributed by atoms with van der Waals surface area (Å²) in [5.41, 5.74) is 2.70. The number of fused-ring (bicyclic) bond motifs is 1. The number of aliphatic imine (C=N–C) groups is 1. The molecule has 7 heteroatoms. The van der Waals surface area contributed by atoms with Gasteiger partial charge in [0.15, 0.2) is 0 Å². The molecule has 1 N–H and O–H groups in total. The number of amides is 1. The number of anilines is 1. The van der Waals surface area contributed by atoms with Gasteiger partial charge in [-0.1, -0.05) is 18.2 Å². The van der Waals surface area contributed by atoms with E-state index in [2.05, 4.69) is 10.3 Å². The maximum atomic E-state index is 14.2. The number of nitrogens with one attached hydrogen (secondary N) is 1. The molecular weight excluding hydrogens is 515 g/mol. The van der Waals surface area contributed by atoms with Crippen LogP contribution >= 0.6 is 0 Å². The minimum absolute atomic E-state index is 0.0697. The zero-order chi connectivity index (χ0) is 37.3. The molecule has 0 aromatic heterocycles. The number of piperazine rings is 1. The lowest BCUT2D eigenvalue weighted by Gasteiger charge is -2.34. The van der Waals surface area contributed by atoms with Gasteiger partial charge in [0, 0.05) is 64.2 Å². The highest BCUT2D eigenvalue weighted by Gasteiger charge is 2.24. The van der Waals surface area contributed by atoms with Crippen molar-refractivity contribution < 1.29 is 27.6 Å². The van der Waals surface area contributed by atoms with Gasteiger partial charge >= 0.3 is 0 Å². The van der Waals surface area contributed by atoms with Crippen LogP contribution in [0.25, 0.3) is 0 Å². The van der Waals surface area contributed by atoms with E-state index in [0.717, 1.165) is 18.7 Å². The maximum absolute atomic E-state index is 14.2. The molecule has 0 saturated carbocycles. The molecule has 3 aliphatic rings. The fourth-order valence-electron chi connectivity index (χ4n) is 5.32. The molecule has 0 aliphatic carbocycles. The Labute approximate surface area is 256 Å². The fraction of sp³-hybridized carbons (Fsp3) is 0.412. The second-order valence-corrected chi connectivity index (χ2v) is 10.6. The highest BCUT2D eigenvalue weighted by Crippen LogP contribution is 2.28. The zero-order valence-electron chi connectivity index (χ0n) is 33.1. The highest BCUT2D eigenvalue weighted by molar-refractivity contribution is 6.14. The van der Waals surface area contributed by atoms with Crippen molar-refractivity contribution in [3.05, 3.63) is 99.4 Å². The topological polar surface area (TPSA) is 57.2 Å². The molecular formula is C34H39FN4O2. The Hall–Kier alpha value is -3.55. The lowest BCUT2D eigenvalue weighted by atomic mass is 9.89. The molecule has 2 fully saturated rings. The van der Waals surface area contributed by atoms with Crippen LogP contribution in [0.5, 0.6) is 0 Å². The lowest BCUT2D eigenvalue weighted by molar-refractivity contribution is 0.0664. The van der Waals surface area contributed by atoms with Crippen molar-refractivity contribution in [3.8, 4) is 0 Å². The third kappa shape index (κ3) is 6.52. The van der Waals surface area contributed by atoms with Gasteiger partial charge in [0.2, 0.25) is 0 Å². The third-order valence-corrected chi connectivity index (χ3v) is 7.44. The number of rotatable bonds is 6. The molecule has 1 amide bonds. The molecule has 0 bridgehead atoms. The van der Waals surface area contributed by atoms with E-state index >= 15 is 0 Å². The fourth-order valence-corrected chi connectivity index (χ4v) is 5.32. The van der Waals surface area contributed by atoms with Gasteiger partial charge in [-0.15, -0.1) is 0 Å². The summed E-state index contributed by atoms with van der Waals surface area (Å²) < 4.78 is 106. The number of carbonyl (C=O) groups is 1. The molecule has 214 valence electrons. The van der Waals surface area contributed by atoms with Crippen LogP contribution in [0.3, 0.4) is 0 Å². The molecule has 3 aromatic rings. The predicted molar refractivity (Wildman–Crippen MR) is 161 cm³/mol. The van der Waals surface area contributed by atoms with Crippen molar-refractivity contribution in [1.82, 2.24) is 10.2 Å². The van der Waals surface area contributed by atoms with Crippen LogP contribution in [-0.2, 0) is 24.1 Å². The Morgan fingerprint density at radius 1 is 1.07 bits per heavy atom. The summed E-state index contributed by atoms with van der Waals surface area (Å²) in [6, 6.07) is 13.1. The number of benzene rings is 3. The minimum Gasteiger partial charge on any atom is -0.381 e. The number of hydrogen-bond donors (Lipinski definition) is 1. The molecule has 6 rings (SSSR count). The minimum atomic E-state index is -3.04. The van der Waals surface area contributed by atoms with Gasteiger partial charge in [0.25, 0.3) is 5.91 Å². The van der Waals surface area contributed by atoms with Gasteiger partial charge in [-0.2, -0.15) is 0 Å². The Morgan fingerprint density at radius 2 is 1.88 bits per heavy atom. The van der Waals surface area contributed by atoms with Crippen LogP contribution in [-0.4, -0.2) is 62.9 Å². The van der Waals surface area contributed by atoms with Crippen molar-refractivity contribution >= 4 is 17.4 Å². The van der Waals surface area contributed by atoms with Gasteiger partial charge < -0.3 is 19.9 Å². The van der Waals surface area contributed by atoms with Crippen LogP contribution in [0.2, 0.25) is 0 Å². The van der Waals surface area contributed by atoms with E-state index < -0.39 is 44.1 Å². The number of nitrogens with zero attached hydrogens (tertiary/aromatic N) is 3. The van der Waals surface area contributed by atoms with Crippen LogP contribution < -0.4 is 10.2 Å². The van der Waals surface area contributed by atoms with Crippen molar-refractivity contribution in [1.29, 1.82) is 0 Å². The number of likely N-dealkylation sites (N-methyl/N-ethyl adjacent to an activating group) is 1. The SMILES string of the molecule is [2H]C([2H])(c1cc(C)cc(F)c1)c1ccc2c(c1)C(NC(=O)c1ccc(N3C([2H])([2H])C([2H])([2H])N(C)C([2H])([2H])C3([2H])[2H])cc1CC1CCOCC1)=NC2. The Morgan fingerprint density at radius 3 is 2.66 bits per heavy atom. The highest BCUT2D eigenvalue weighted by atomic mass is 19.1. The molecule has 3 aromatic carbocycles. The molecule has 0 unspecified atom stereocenters. The molecule has 0 atom stereocenters. The first-order valence-corrected chi connectivity index (χ1v) is 13.7. The molecule has 0 radical (unpaired) electrons. The van der Waals surface area contributed by atoms with E-state index in [1.54, 1.807) is 31.2 Å². The first-order valence-electron chi connectivity index (χ1n) is 18.7. The van der Waals surface area contributed by atoms with E-state index in [0.29, 0.717) is 59.0 Å². The summed E-state index contributed by atoms with van der Waals surface area (Å²) in [6.45, 7) is -9.04. The zero-order valence-corrected chi connectivity index (χ0v) is 23.1. The van der Waals surface area contributed by atoms with E-state index in [1.807, 2.05) is 0 Å². The van der Waals surface area contributed by atoms with Crippen LogP contribution in [0.1, 0.15) is 70.3 Å². The van der Waals surface area contributed by atoms with E-state index in [4.69, 9.17) is 18.4 Å². The molecule has 6 nitrogen and oxygen atoms in total. The summed E-state index contributed by atoms with van der Waals surface area (Å²) in [5.74, 6) is -0.846. The van der Waals surface area contributed by atoms with E-state index in [9.17, 15) is 9.18 Å². The van der Waals surface area contributed by atoms with Crippen LogP contribution in [0.4, 0.5) is 10.1 Å². The van der Waals surface area contributed by atoms with Gasteiger partial charge in [-0.05, 0) is 110 Å². The summed E-state index contributed by atoms with van der Waals surface area (Å²) in [4.78, 5) is 19.4. The standard InChI is InChI=1S/C34H39FN4O2/c1-23-15-26(19-29(35)16-23)17-25-3-4-27-22-36-33(32(27)20-25)37-34(40)31-6-5-30(39-11-9-38(2)10-12-39)21-28(31)18-24-7-13-41-14-8-24/h3-6,15-16,19-21,24H,7-14,17-18,22H2,1-2H3,(H,36,37,40)/i9D2,10D2,11D2,12D2,17D2. The third-order valence-electron chi connectivity index (χ3n) is 7.44. The smallest absolute Gasteiger partial charge is 0.257 e. The Kier molecular flexibility index (Phi) is 5.35. The summed E-state index contributed by atoms with van der Waals surface area (Å²) in [5, 5.41) is 2.84. The monoisotopic (exact) mass is 564 g/mol. The van der Waals surface area contributed by atoms with Gasteiger partial charge in [-0.25, -0.2) is 4.39 Å². The van der Waals surface area contributed by atoms with Crippen LogP contribution in [0.15, 0.2) is 59.6 Å². The normalized spacial score (nSPS) is 26.7. The Balaban J connectivity index is 1.35. The quantitative estimate of drug-likeness (QED) is 0.451. The average Bonchev–Trinajstić information content (AvgIpc) is 3.45. The number of carbonyl (C=O) groups excluding carboxylic acids is 1. The first-order chi connectivity index (χ1) is 23.7. The van der Waals surface area contributed by atoms with Crippen molar-refractivity contribution in [2.75, 3.05) is 51.1 Å². The molecule has 3 aliphatic heterocycles. The van der Waals surface area contributed by atoms with Gasteiger partial charge in [-0.3, -0.25) is 9.79 Å². The Bertz CT molecular complexity index is 1850. The second kappa shape index (κ2) is 12.1. The average molecular weight is 565 g/mol. The van der Waals surface area contributed by atoms with Crippen molar-refractivity contribution in [3.63, 3.8) is 0 Å². The summed E-state index contributed by atoms with van der Waals surface area (Å²) >= 11 is 0. The van der Waals surface area contributed by atoms with Gasteiger partial charge in [0.1, 0.15) is 11.7 Å².